The van der Waals surface area contributed by atoms with Gasteiger partial charge in [0.25, 0.3) is 5.56 Å². The molecule has 0 aliphatic heterocycles. The van der Waals surface area contributed by atoms with Crippen LogP contribution in [0.25, 0.3) is 11.0 Å². The van der Waals surface area contributed by atoms with Gasteiger partial charge in [0.15, 0.2) is 0 Å². The number of phenolic OH excluding ortho intramolecular Hbond substituents is 1. The Labute approximate surface area is 150 Å². The Morgan fingerprint density at radius 2 is 1.96 bits per heavy atom. The van der Waals surface area contributed by atoms with Crippen molar-refractivity contribution in [1.82, 2.24) is 15.3 Å². The second kappa shape index (κ2) is 8.29. The van der Waals surface area contributed by atoms with Crippen molar-refractivity contribution in [3.8, 4) is 5.75 Å². The predicted molar refractivity (Wildman–Crippen MR) is 100 cm³/mol. The Morgan fingerprint density at radius 3 is 2.81 bits per heavy atom. The lowest BCUT2D eigenvalue weighted by molar-refractivity contribution is -0.121. The highest BCUT2D eigenvalue weighted by atomic mass is 16.3. The van der Waals surface area contributed by atoms with Crippen molar-refractivity contribution in [1.29, 1.82) is 0 Å². The van der Waals surface area contributed by atoms with Gasteiger partial charge in [0, 0.05) is 19.4 Å². The highest BCUT2D eigenvalue weighted by Crippen LogP contribution is 2.12. The largest absolute Gasteiger partial charge is 0.508 e. The molecule has 0 fully saturated rings. The summed E-state index contributed by atoms with van der Waals surface area (Å²) in [7, 11) is 0. The van der Waals surface area contributed by atoms with Crippen LogP contribution in [-0.2, 0) is 17.6 Å². The average Bonchev–Trinajstić information content (AvgIpc) is 2.63. The molecule has 1 aromatic heterocycles. The lowest BCUT2D eigenvalue weighted by atomic mass is 10.1. The number of benzene rings is 2. The van der Waals surface area contributed by atoms with Crippen LogP contribution in [-0.4, -0.2) is 27.5 Å². The van der Waals surface area contributed by atoms with Crippen LogP contribution in [0.1, 0.15) is 24.1 Å². The molecule has 0 atom stereocenters. The van der Waals surface area contributed by atoms with Crippen molar-refractivity contribution in [3.63, 3.8) is 0 Å². The number of phenols is 1. The summed E-state index contributed by atoms with van der Waals surface area (Å²) < 4.78 is 0. The summed E-state index contributed by atoms with van der Waals surface area (Å²) in [4.78, 5) is 31.1. The lowest BCUT2D eigenvalue weighted by Crippen LogP contribution is -2.26. The van der Waals surface area contributed by atoms with Crippen LogP contribution in [0.2, 0.25) is 0 Å². The van der Waals surface area contributed by atoms with E-state index in [0.29, 0.717) is 29.7 Å². The Morgan fingerprint density at radius 1 is 1.12 bits per heavy atom. The third-order valence-corrected chi connectivity index (χ3v) is 4.13. The molecule has 2 aromatic carbocycles. The number of carbonyl (C=O) groups is 1. The second-order valence-corrected chi connectivity index (χ2v) is 6.15. The third-order valence-electron chi connectivity index (χ3n) is 4.13. The number of aromatic nitrogens is 2. The number of hydrogen-bond donors (Lipinski definition) is 3. The smallest absolute Gasteiger partial charge is 0.270 e. The van der Waals surface area contributed by atoms with E-state index in [1.54, 1.807) is 24.3 Å². The van der Waals surface area contributed by atoms with E-state index in [2.05, 4.69) is 15.3 Å². The number of nitrogens with one attached hydrogen (secondary N) is 2. The van der Waals surface area contributed by atoms with E-state index in [0.717, 1.165) is 18.4 Å². The zero-order valence-electron chi connectivity index (χ0n) is 14.4. The number of H-pyrrole nitrogens is 1. The van der Waals surface area contributed by atoms with Crippen LogP contribution in [0.4, 0.5) is 0 Å². The Bertz CT molecular complexity index is 966. The Balaban J connectivity index is 1.45. The van der Waals surface area contributed by atoms with Gasteiger partial charge in [-0.25, -0.2) is 4.98 Å². The van der Waals surface area contributed by atoms with Crippen molar-refractivity contribution in [3.05, 3.63) is 70.1 Å². The summed E-state index contributed by atoms with van der Waals surface area (Å²) in [5, 5.41) is 12.3. The molecule has 0 radical (unpaired) electrons. The highest BCUT2D eigenvalue weighted by Gasteiger charge is 2.08. The molecule has 1 heterocycles. The number of rotatable bonds is 7. The summed E-state index contributed by atoms with van der Waals surface area (Å²) in [6.07, 6.45) is 2.09. The first-order valence-corrected chi connectivity index (χ1v) is 8.64. The number of hydrogen-bond acceptors (Lipinski definition) is 4. The average molecular weight is 351 g/mol. The molecular formula is C20H21N3O3. The van der Waals surface area contributed by atoms with Crippen molar-refractivity contribution >= 4 is 16.9 Å². The van der Waals surface area contributed by atoms with Crippen molar-refractivity contribution in [2.45, 2.75) is 25.7 Å². The molecular weight excluding hydrogens is 330 g/mol. The van der Waals surface area contributed by atoms with Crippen molar-refractivity contribution < 1.29 is 9.90 Å². The van der Waals surface area contributed by atoms with Gasteiger partial charge in [-0.05, 0) is 42.7 Å². The van der Waals surface area contributed by atoms with Gasteiger partial charge in [-0.3, -0.25) is 9.59 Å². The zero-order valence-corrected chi connectivity index (χ0v) is 14.4. The fourth-order valence-electron chi connectivity index (χ4n) is 2.79. The van der Waals surface area contributed by atoms with E-state index >= 15 is 0 Å². The SMILES string of the molecule is O=C(CCc1nc2ccccc2[nH]c1=O)NCCCc1cccc(O)c1. The Kier molecular flexibility index (Phi) is 5.63. The topological polar surface area (TPSA) is 95.1 Å². The first-order valence-electron chi connectivity index (χ1n) is 8.64. The molecule has 26 heavy (non-hydrogen) atoms. The monoisotopic (exact) mass is 351 g/mol. The van der Waals surface area contributed by atoms with E-state index in [1.807, 2.05) is 24.3 Å². The molecule has 0 spiro atoms. The quantitative estimate of drug-likeness (QED) is 0.569. The first-order chi connectivity index (χ1) is 12.6. The maximum atomic E-state index is 12.0. The maximum Gasteiger partial charge on any atom is 0.270 e. The molecule has 3 aromatic rings. The van der Waals surface area contributed by atoms with Gasteiger partial charge in [-0.15, -0.1) is 0 Å². The standard InChI is InChI=1S/C20H21N3O3/c24-15-7-3-5-14(13-15)6-4-12-21-19(25)11-10-18-20(26)23-17-9-2-1-8-16(17)22-18/h1-3,5,7-9,13,24H,4,6,10-12H2,(H,21,25)(H,23,26). The molecule has 0 unspecified atom stereocenters. The van der Waals surface area contributed by atoms with E-state index in [1.165, 1.54) is 0 Å². The minimum Gasteiger partial charge on any atom is -0.508 e. The molecule has 3 rings (SSSR count). The summed E-state index contributed by atoms with van der Waals surface area (Å²) >= 11 is 0. The van der Waals surface area contributed by atoms with Crippen LogP contribution >= 0.6 is 0 Å². The van der Waals surface area contributed by atoms with E-state index in [9.17, 15) is 14.7 Å². The summed E-state index contributed by atoms with van der Waals surface area (Å²) in [6.45, 7) is 0.552. The van der Waals surface area contributed by atoms with Gasteiger partial charge >= 0.3 is 0 Å². The lowest BCUT2D eigenvalue weighted by Gasteiger charge is -2.06. The molecule has 0 aliphatic carbocycles. The molecule has 1 amide bonds. The van der Waals surface area contributed by atoms with Crippen LogP contribution in [0.5, 0.6) is 5.75 Å². The summed E-state index contributed by atoms with van der Waals surface area (Å²) in [5.41, 5.74) is 2.57. The molecule has 6 heteroatoms. The van der Waals surface area contributed by atoms with Gasteiger partial charge in [0.1, 0.15) is 11.4 Å². The number of carbonyl (C=O) groups excluding carboxylic acids is 1. The molecule has 0 saturated carbocycles. The number of nitrogens with zero attached hydrogens (tertiary/aromatic N) is 1. The number of aromatic hydroxyl groups is 1. The minimum atomic E-state index is -0.250. The van der Waals surface area contributed by atoms with Crippen LogP contribution in [0.15, 0.2) is 53.3 Å². The van der Waals surface area contributed by atoms with Gasteiger partial charge in [-0.2, -0.15) is 0 Å². The molecule has 0 aliphatic rings. The normalized spacial score (nSPS) is 10.8. The molecule has 3 N–H and O–H groups in total. The second-order valence-electron chi connectivity index (χ2n) is 6.15. The summed E-state index contributed by atoms with van der Waals surface area (Å²) in [5.74, 6) is 0.148. The Hall–Kier alpha value is -3.15. The van der Waals surface area contributed by atoms with E-state index in [4.69, 9.17) is 0 Å². The predicted octanol–water partition coefficient (Wildman–Crippen LogP) is 2.31. The van der Waals surface area contributed by atoms with Crippen LogP contribution < -0.4 is 10.9 Å². The fraction of sp³-hybridized carbons (Fsp3) is 0.250. The molecule has 0 saturated heterocycles. The van der Waals surface area contributed by atoms with Crippen molar-refractivity contribution in [2.24, 2.45) is 0 Å². The highest BCUT2D eigenvalue weighted by molar-refractivity contribution is 5.76. The minimum absolute atomic E-state index is 0.102. The number of fused-ring (bicyclic) bond motifs is 1. The van der Waals surface area contributed by atoms with E-state index < -0.39 is 0 Å². The zero-order chi connectivity index (χ0) is 18.4. The van der Waals surface area contributed by atoms with Gasteiger partial charge in [-0.1, -0.05) is 24.3 Å². The van der Waals surface area contributed by atoms with Crippen LogP contribution in [0.3, 0.4) is 0 Å². The molecule has 134 valence electrons. The first kappa shape index (κ1) is 17.7. The number of amides is 1. The summed E-state index contributed by atoms with van der Waals surface area (Å²) in [6, 6.07) is 14.4. The number of para-hydroxylation sites is 2. The van der Waals surface area contributed by atoms with E-state index in [-0.39, 0.29) is 23.6 Å². The van der Waals surface area contributed by atoms with Gasteiger partial charge < -0.3 is 15.4 Å². The third kappa shape index (κ3) is 4.69. The van der Waals surface area contributed by atoms with Crippen LogP contribution in [0, 0.1) is 0 Å². The van der Waals surface area contributed by atoms with Gasteiger partial charge in [0.2, 0.25) is 5.91 Å². The van der Waals surface area contributed by atoms with Crippen molar-refractivity contribution in [2.75, 3.05) is 6.54 Å². The maximum absolute atomic E-state index is 12.0. The fourth-order valence-corrected chi connectivity index (χ4v) is 2.79. The molecule has 6 nitrogen and oxygen atoms in total. The number of aromatic amines is 1. The molecule has 0 bridgehead atoms. The number of aryl methyl sites for hydroxylation is 2. The van der Waals surface area contributed by atoms with Gasteiger partial charge in [0.05, 0.1) is 11.0 Å².